The molecule has 0 aliphatic carbocycles. The molecule has 2 N–H and O–H groups in total. The van der Waals surface area contributed by atoms with E-state index < -0.39 is 23.9 Å². The Labute approximate surface area is 133 Å². The number of amides is 1. The highest BCUT2D eigenvalue weighted by molar-refractivity contribution is 5.96. The Morgan fingerprint density at radius 3 is 2.43 bits per heavy atom. The molecule has 122 valence electrons. The van der Waals surface area contributed by atoms with E-state index in [4.69, 9.17) is 15.1 Å². The number of nitriles is 1. The number of hydrogen-bond acceptors (Lipinski definition) is 5. The molecule has 0 fully saturated rings. The number of nitrogens with zero attached hydrogens (tertiary/aromatic N) is 1. The molecule has 7 heteroatoms. The average Bonchev–Trinajstić information content (AvgIpc) is 2.50. The first-order valence-electron chi connectivity index (χ1n) is 7.13. The lowest BCUT2D eigenvalue weighted by Crippen LogP contribution is -2.40. The van der Waals surface area contributed by atoms with Crippen molar-refractivity contribution in [1.29, 1.82) is 5.26 Å². The standard InChI is InChI=1S/C16H18N2O5/c1-11(19)23-13-8-6-12(7-9-13)15(20)18-14(16(21)22)5-3-2-4-10-17/h6-9,14H,2-5H2,1H3,(H,18,20)(H,21,22)/t14-/m1/s1. The van der Waals surface area contributed by atoms with Crippen LogP contribution in [0.5, 0.6) is 5.75 Å². The van der Waals surface area contributed by atoms with Crippen molar-refractivity contribution in [2.45, 2.75) is 38.6 Å². The highest BCUT2D eigenvalue weighted by Gasteiger charge is 2.20. The molecule has 0 spiro atoms. The molecule has 0 bridgehead atoms. The molecule has 1 amide bonds. The van der Waals surface area contributed by atoms with Crippen LogP contribution in [0.3, 0.4) is 0 Å². The topological polar surface area (TPSA) is 116 Å². The van der Waals surface area contributed by atoms with Gasteiger partial charge in [0.1, 0.15) is 11.8 Å². The molecule has 1 aromatic carbocycles. The van der Waals surface area contributed by atoms with Gasteiger partial charge in [-0.1, -0.05) is 0 Å². The van der Waals surface area contributed by atoms with Crippen LogP contribution in [0.25, 0.3) is 0 Å². The molecule has 1 atom stereocenters. The fraction of sp³-hybridized carbons (Fsp3) is 0.375. The summed E-state index contributed by atoms with van der Waals surface area (Å²) in [5, 5.41) is 20.0. The summed E-state index contributed by atoms with van der Waals surface area (Å²) < 4.78 is 4.85. The second-order valence-electron chi connectivity index (χ2n) is 4.89. The van der Waals surface area contributed by atoms with Gasteiger partial charge in [0.05, 0.1) is 6.07 Å². The summed E-state index contributed by atoms with van der Waals surface area (Å²) >= 11 is 0. The Kier molecular flexibility index (Phi) is 7.27. The van der Waals surface area contributed by atoms with Gasteiger partial charge >= 0.3 is 11.9 Å². The van der Waals surface area contributed by atoms with Gasteiger partial charge in [-0.15, -0.1) is 0 Å². The van der Waals surface area contributed by atoms with Crippen molar-refractivity contribution in [3.8, 4) is 11.8 Å². The number of hydrogen-bond donors (Lipinski definition) is 2. The number of benzene rings is 1. The first-order chi connectivity index (χ1) is 10.9. The fourth-order valence-corrected chi connectivity index (χ4v) is 1.89. The van der Waals surface area contributed by atoms with Crippen LogP contribution in [0.4, 0.5) is 0 Å². The number of carboxylic acids is 1. The van der Waals surface area contributed by atoms with Crippen LogP contribution in [0.2, 0.25) is 0 Å². The van der Waals surface area contributed by atoms with E-state index in [1.807, 2.05) is 6.07 Å². The van der Waals surface area contributed by atoms with Gasteiger partial charge < -0.3 is 15.2 Å². The Hall–Kier alpha value is -2.88. The number of unbranched alkanes of at least 4 members (excludes halogenated alkanes) is 2. The maximum absolute atomic E-state index is 12.0. The number of carbonyl (C=O) groups is 3. The van der Waals surface area contributed by atoms with E-state index in [9.17, 15) is 14.4 Å². The van der Waals surface area contributed by atoms with E-state index in [2.05, 4.69) is 5.32 Å². The Morgan fingerprint density at radius 2 is 1.91 bits per heavy atom. The molecule has 0 radical (unpaired) electrons. The Bertz CT molecular complexity index is 604. The fourth-order valence-electron chi connectivity index (χ4n) is 1.89. The normalized spacial score (nSPS) is 11.1. The summed E-state index contributed by atoms with van der Waals surface area (Å²) in [6, 6.07) is 6.79. The second kappa shape index (κ2) is 9.20. The number of esters is 1. The molecule has 0 unspecified atom stereocenters. The number of carboxylic acid groups (broad SMARTS) is 1. The number of aliphatic carboxylic acids is 1. The van der Waals surface area contributed by atoms with Crippen LogP contribution in [-0.4, -0.2) is 29.0 Å². The first kappa shape index (κ1) is 18.2. The van der Waals surface area contributed by atoms with Crippen molar-refractivity contribution in [3.05, 3.63) is 29.8 Å². The smallest absolute Gasteiger partial charge is 0.326 e. The van der Waals surface area contributed by atoms with Crippen LogP contribution < -0.4 is 10.1 Å². The molecule has 0 saturated carbocycles. The van der Waals surface area contributed by atoms with Crippen LogP contribution >= 0.6 is 0 Å². The zero-order valence-electron chi connectivity index (χ0n) is 12.7. The van der Waals surface area contributed by atoms with Gasteiger partial charge in [0.25, 0.3) is 5.91 Å². The monoisotopic (exact) mass is 318 g/mol. The van der Waals surface area contributed by atoms with Gasteiger partial charge in [-0.25, -0.2) is 4.79 Å². The van der Waals surface area contributed by atoms with E-state index >= 15 is 0 Å². The molecule has 23 heavy (non-hydrogen) atoms. The van der Waals surface area contributed by atoms with Gasteiger partial charge in [0.2, 0.25) is 0 Å². The highest BCUT2D eigenvalue weighted by Crippen LogP contribution is 2.13. The van der Waals surface area contributed by atoms with E-state index in [0.717, 1.165) is 0 Å². The molecule has 0 aliphatic heterocycles. The number of ether oxygens (including phenoxy) is 1. The Balaban J connectivity index is 2.62. The second-order valence-corrected chi connectivity index (χ2v) is 4.89. The molecular formula is C16H18N2O5. The Morgan fingerprint density at radius 1 is 1.26 bits per heavy atom. The van der Waals surface area contributed by atoms with Crippen molar-refractivity contribution >= 4 is 17.8 Å². The van der Waals surface area contributed by atoms with E-state index in [1.165, 1.54) is 31.2 Å². The lowest BCUT2D eigenvalue weighted by molar-refractivity contribution is -0.139. The molecule has 0 saturated heterocycles. The third-order valence-corrected chi connectivity index (χ3v) is 3.01. The average molecular weight is 318 g/mol. The quantitative estimate of drug-likeness (QED) is 0.429. The van der Waals surface area contributed by atoms with Crippen molar-refractivity contribution in [2.24, 2.45) is 0 Å². The molecule has 0 aromatic heterocycles. The predicted octanol–water partition coefficient (Wildman–Crippen LogP) is 1.88. The van der Waals surface area contributed by atoms with Gasteiger partial charge in [0, 0.05) is 18.9 Å². The van der Waals surface area contributed by atoms with E-state index in [-0.39, 0.29) is 12.0 Å². The zero-order chi connectivity index (χ0) is 17.2. The van der Waals surface area contributed by atoms with Crippen molar-refractivity contribution in [1.82, 2.24) is 5.32 Å². The summed E-state index contributed by atoms with van der Waals surface area (Å²) in [6.45, 7) is 1.27. The third-order valence-electron chi connectivity index (χ3n) is 3.01. The maximum Gasteiger partial charge on any atom is 0.326 e. The lowest BCUT2D eigenvalue weighted by Gasteiger charge is -2.14. The molecule has 1 aromatic rings. The van der Waals surface area contributed by atoms with Crippen LogP contribution in [0.1, 0.15) is 43.0 Å². The SMILES string of the molecule is CC(=O)Oc1ccc(C(=O)N[C@H](CCCCC#N)C(=O)O)cc1. The minimum Gasteiger partial charge on any atom is -0.480 e. The summed E-state index contributed by atoms with van der Waals surface area (Å²) in [4.78, 5) is 34.0. The summed E-state index contributed by atoms with van der Waals surface area (Å²) in [5.74, 6) is -1.80. The molecule has 1 rings (SSSR count). The van der Waals surface area contributed by atoms with Crippen molar-refractivity contribution < 1.29 is 24.2 Å². The largest absolute Gasteiger partial charge is 0.480 e. The van der Waals surface area contributed by atoms with E-state index in [0.29, 0.717) is 25.0 Å². The molecular weight excluding hydrogens is 300 g/mol. The van der Waals surface area contributed by atoms with Gasteiger partial charge in [-0.2, -0.15) is 5.26 Å². The van der Waals surface area contributed by atoms with Gasteiger partial charge in [-0.3, -0.25) is 9.59 Å². The minimum atomic E-state index is -1.12. The minimum absolute atomic E-state index is 0.258. The highest BCUT2D eigenvalue weighted by atomic mass is 16.5. The van der Waals surface area contributed by atoms with Crippen LogP contribution in [0, 0.1) is 11.3 Å². The molecule has 7 nitrogen and oxygen atoms in total. The molecule has 0 aliphatic rings. The summed E-state index contributed by atoms with van der Waals surface area (Å²) in [7, 11) is 0. The van der Waals surface area contributed by atoms with Crippen molar-refractivity contribution in [3.63, 3.8) is 0 Å². The molecule has 0 heterocycles. The van der Waals surface area contributed by atoms with Gasteiger partial charge in [-0.05, 0) is 43.5 Å². The lowest BCUT2D eigenvalue weighted by atomic mass is 10.1. The number of nitrogens with one attached hydrogen (secondary N) is 1. The summed E-state index contributed by atoms with van der Waals surface area (Å²) in [6.07, 6.45) is 1.75. The maximum atomic E-state index is 12.0. The third kappa shape index (κ3) is 6.61. The van der Waals surface area contributed by atoms with Gasteiger partial charge in [0.15, 0.2) is 0 Å². The zero-order valence-corrected chi connectivity index (χ0v) is 12.7. The number of carbonyl (C=O) groups excluding carboxylic acids is 2. The van der Waals surface area contributed by atoms with Crippen LogP contribution in [0.15, 0.2) is 24.3 Å². The predicted molar refractivity (Wildman–Crippen MR) is 80.7 cm³/mol. The summed E-state index contributed by atoms with van der Waals surface area (Å²) in [5.41, 5.74) is 0.268. The first-order valence-corrected chi connectivity index (χ1v) is 7.13. The van der Waals surface area contributed by atoms with Crippen LogP contribution in [-0.2, 0) is 9.59 Å². The van der Waals surface area contributed by atoms with Crippen molar-refractivity contribution in [2.75, 3.05) is 0 Å². The van der Waals surface area contributed by atoms with E-state index in [1.54, 1.807) is 0 Å². The number of rotatable bonds is 8.